The standard InChI is InChI=1S/C14H16N4O3S/c1-9(2)14(3,8-15)16-11(19)7-18-13(20)21-12(17-18)10-5-4-6-22-10/h4-6,9H,7H2,1-3H3,(H,16,19)/t14-/m0/s1. The number of carbonyl (C=O) groups is 1. The fourth-order valence-electron chi connectivity index (χ4n) is 1.67. The van der Waals surface area contributed by atoms with Gasteiger partial charge >= 0.3 is 5.76 Å². The molecule has 1 amide bonds. The summed E-state index contributed by atoms with van der Waals surface area (Å²) in [4.78, 5) is 24.5. The van der Waals surface area contributed by atoms with E-state index >= 15 is 0 Å². The maximum Gasteiger partial charge on any atom is 0.437 e. The van der Waals surface area contributed by atoms with Crippen LogP contribution in [0, 0.1) is 17.2 Å². The summed E-state index contributed by atoms with van der Waals surface area (Å²) in [6.07, 6.45) is 0. The van der Waals surface area contributed by atoms with Crippen LogP contribution >= 0.6 is 11.3 Å². The minimum absolute atomic E-state index is 0.0721. The molecule has 0 fully saturated rings. The van der Waals surface area contributed by atoms with Gasteiger partial charge in [0.2, 0.25) is 5.91 Å². The molecule has 1 N–H and O–H groups in total. The highest BCUT2D eigenvalue weighted by Gasteiger charge is 2.30. The summed E-state index contributed by atoms with van der Waals surface area (Å²) in [6.45, 7) is 5.01. The smallest absolute Gasteiger partial charge is 0.387 e. The van der Waals surface area contributed by atoms with Crippen molar-refractivity contribution in [1.29, 1.82) is 5.26 Å². The molecule has 0 radical (unpaired) electrons. The first-order chi connectivity index (χ1) is 10.4. The minimum atomic E-state index is -0.999. The van der Waals surface area contributed by atoms with Gasteiger partial charge in [-0.25, -0.2) is 4.79 Å². The number of nitriles is 1. The van der Waals surface area contributed by atoms with Gasteiger partial charge in [-0.2, -0.15) is 9.94 Å². The summed E-state index contributed by atoms with van der Waals surface area (Å²) in [5.41, 5.74) is -0.999. The Bertz CT molecular complexity index is 754. The quantitative estimate of drug-likeness (QED) is 0.902. The molecule has 0 aliphatic rings. The zero-order valence-electron chi connectivity index (χ0n) is 12.5. The third-order valence-electron chi connectivity index (χ3n) is 3.42. The molecule has 0 saturated carbocycles. The Morgan fingerprint density at radius 3 is 2.91 bits per heavy atom. The van der Waals surface area contributed by atoms with Crippen molar-refractivity contribution in [3.8, 4) is 16.8 Å². The first-order valence-corrected chi connectivity index (χ1v) is 7.58. The number of amides is 1. The highest BCUT2D eigenvalue weighted by molar-refractivity contribution is 7.13. The van der Waals surface area contributed by atoms with Crippen LogP contribution in [0.2, 0.25) is 0 Å². The van der Waals surface area contributed by atoms with E-state index in [-0.39, 0.29) is 18.4 Å². The highest BCUT2D eigenvalue weighted by Crippen LogP contribution is 2.21. The monoisotopic (exact) mass is 320 g/mol. The maximum atomic E-state index is 12.0. The van der Waals surface area contributed by atoms with E-state index in [1.54, 1.807) is 13.0 Å². The molecule has 2 heterocycles. The lowest BCUT2D eigenvalue weighted by atomic mass is 9.90. The summed E-state index contributed by atoms with van der Waals surface area (Å²) in [6, 6.07) is 5.66. The third kappa shape index (κ3) is 3.26. The van der Waals surface area contributed by atoms with Gasteiger partial charge in [-0.05, 0) is 24.3 Å². The zero-order valence-corrected chi connectivity index (χ0v) is 13.3. The van der Waals surface area contributed by atoms with Crippen LogP contribution in [0.4, 0.5) is 0 Å². The van der Waals surface area contributed by atoms with E-state index in [0.717, 1.165) is 4.68 Å². The van der Waals surface area contributed by atoms with E-state index in [0.29, 0.717) is 4.88 Å². The summed E-state index contributed by atoms with van der Waals surface area (Å²) in [5, 5.41) is 17.6. The van der Waals surface area contributed by atoms with Crippen LogP contribution in [-0.4, -0.2) is 21.2 Å². The Morgan fingerprint density at radius 1 is 1.64 bits per heavy atom. The van der Waals surface area contributed by atoms with Crippen LogP contribution in [-0.2, 0) is 11.3 Å². The molecule has 2 rings (SSSR count). The molecule has 8 heteroatoms. The maximum absolute atomic E-state index is 12.0. The average Bonchev–Trinajstić information content (AvgIpc) is 3.09. The van der Waals surface area contributed by atoms with E-state index < -0.39 is 17.2 Å². The second-order valence-corrected chi connectivity index (χ2v) is 6.27. The van der Waals surface area contributed by atoms with Crippen LogP contribution in [0.15, 0.2) is 26.7 Å². The van der Waals surface area contributed by atoms with Crippen LogP contribution < -0.4 is 11.1 Å². The zero-order chi connectivity index (χ0) is 16.3. The Morgan fingerprint density at radius 2 is 2.36 bits per heavy atom. The molecule has 22 heavy (non-hydrogen) atoms. The predicted octanol–water partition coefficient (Wildman–Crippen LogP) is 1.62. The van der Waals surface area contributed by atoms with Crippen molar-refractivity contribution >= 4 is 17.2 Å². The molecule has 116 valence electrons. The molecule has 0 aromatic carbocycles. The Balaban J connectivity index is 2.13. The van der Waals surface area contributed by atoms with Gasteiger partial charge in [-0.15, -0.1) is 16.4 Å². The lowest BCUT2D eigenvalue weighted by molar-refractivity contribution is -0.123. The Hall–Kier alpha value is -2.40. The number of thiophene rings is 1. The van der Waals surface area contributed by atoms with Gasteiger partial charge in [0.1, 0.15) is 12.1 Å². The van der Waals surface area contributed by atoms with Gasteiger partial charge < -0.3 is 9.73 Å². The second-order valence-electron chi connectivity index (χ2n) is 5.33. The molecule has 0 aliphatic heterocycles. The number of hydrogen-bond donors (Lipinski definition) is 1. The van der Waals surface area contributed by atoms with E-state index in [1.165, 1.54) is 11.3 Å². The van der Waals surface area contributed by atoms with Gasteiger partial charge in [0.25, 0.3) is 5.89 Å². The predicted molar refractivity (Wildman–Crippen MR) is 81.1 cm³/mol. The number of rotatable bonds is 5. The van der Waals surface area contributed by atoms with E-state index in [2.05, 4.69) is 16.5 Å². The van der Waals surface area contributed by atoms with Crippen molar-refractivity contribution in [3.63, 3.8) is 0 Å². The Labute approximate surface area is 131 Å². The van der Waals surface area contributed by atoms with Gasteiger partial charge in [-0.1, -0.05) is 19.9 Å². The lowest BCUT2D eigenvalue weighted by Gasteiger charge is -2.27. The highest BCUT2D eigenvalue weighted by atomic mass is 32.1. The van der Waals surface area contributed by atoms with Gasteiger partial charge in [-0.3, -0.25) is 4.79 Å². The molecule has 2 aromatic rings. The minimum Gasteiger partial charge on any atom is -0.387 e. The molecule has 0 saturated heterocycles. The van der Waals surface area contributed by atoms with Crippen molar-refractivity contribution in [1.82, 2.24) is 15.1 Å². The summed E-state index contributed by atoms with van der Waals surface area (Å²) in [5.74, 6) is -1.07. The van der Waals surface area contributed by atoms with E-state index in [1.807, 2.05) is 25.3 Å². The topological polar surface area (TPSA) is 101 Å². The molecule has 1 atom stereocenters. The normalized spacial score (nSPS) is 13.6. The molecule has 2 aromatic heterocycles. The fourth-order valence-corrected chi connectivity index (χ4v) is 2.32. The lowest BCUT2D eigenvalue weighted by Crippen LogP contribution is -2.50. The van der Waals surface area contributed by atoms with Crippen LogP contribution in [0.3, 0.4) is 0 Å². The van der Waals surface area contributed by atoms with Gasteiger partial charge in [0.15, 0.2) is 0 Å². The van der Waals surface area contributed by atoms with Crippen molar-refractivity contribution < 1.29 is 9.21 Å². The van der Waals surface area contributed by atoms with E-state index in [4.69, 9.17) is 4.42 Å². The number of hydrogen-bond acceptors (Lipinski definition) is 6. The average molecular weight is 320 g/mol. The summed E-state index contributed by atoms with van der Waals surface area (Å²) < 4.78 is 5.97. The summed E-state index contributed by atoms with van der Waals surface area (Å²) >= 11 is 1.38. The van der Waals surface area contributed by atoms with Crippen LogP contribution in [0.1, 0.15) is 20.8 Å². The SMILES string of the molecule is CC(C)[C@](C)(C#N)NC(=O)Cn1nc(-c2cccs2)oc1=O. The third-order valence-corrected chi connectivity index (χ3v) is 4.28. The number of nitrogens with one attached hydrogen (secondary N) is 1. The van der Waals surface area contributed by atoms with Gasteiger partial charge in [0.05, 0.1) is 10.9 Å². The Kier molecular flexibility index (Phi) is 4.47. The molecule has 0 spiro atoms. The fraction of sp³-hybridized carbons (Fsp3) is 0.429. The number of aromatic nitrogens is 2. The molecule has 0 unspecified atom stereocenters. The number of carbonyl (C=O) groups excluding carboxylic acids is 1. The molecular weight excluding hydrogens is 304 g/mol. The molecule has 0 bridgehead atoms. The van der Waals surface area contributed by atoms with Crippen molar-refractivity contribution in [2.24, 2.45) is 5.92 Å². The van der Waals surface area contributed by atoms with Crippen LogP contribution in [0.5, 0.6) is 0 Å². The van der Waals surface area contributed by atoms with Gasteiger partial charge in [0, 0.05) is 0 Å². The molecule has 7 nitrogen and oxygen atoms in total. The first-order valence-electron chi connectivity index (χ1n) is 6.70. The van der Waals surface area contributed by atoms with E-state index in [9.17, 15) is 14.9 Å². The molecule has 0 aliphatic carbocycles. The molecular formula is C14H16N4O3S. The largest absolute Gasteiger partial charge is 0.437 e. The van der Waals surface area contributed by atoms with Crippen molar-refractivity contribution in [2.45, 2.75) is 32.9 Å². The van der Waals surface area contributed by atoms with Crippen molar-refractivity contribution in [2.75, 3.05) is 0 Å². The second kappa shape index (κ2) is 6.15. The number of nitrogens with zero attached hydrogens (tertiary/aromatic N) is 3. The summed E-state index contributed by atoms with van der Waals surface area (Å²) in [7, 11) is 0. The van der Waals surface area contributed by atoms with Crippen LogP contribution in [0.25, 0.3) is 10.8 Å². The van der Waals surface area contributed by atoms with Crippen molar-refractivity contribution in [3.05, 3.63) is 28.1 Å². The first kappa shape index (κ1) is 16.0.